The first-order valence-electron chi connectivity index (χ1n) is 6.81. The Morgan fingerprint density at radius 1 is 1.22 bits per heavy atom. The third-order valence-electron chi connectivity index (χ3n) is 4.00. The molecule has 1 aliphatic heterocycles. The zero-order chi connectivity index (χ0) is 13.1. The lowest BCUT2D eigenvalue weighted by Gasteiger charge is -2.31. The molecule has 0 aromatic heterocycles. The van der Waals surface area contributed by atoms with Gasteiger partial charge in [0.05, 0.1) is 0 Å². The third kappa shape index (κ3) is 3.03. The van der Waals surface area contributed by atoms with Crippen molar-refractivity contribution >= 4 is 0 Å². The standard InChI is InChI=1S/C15H24N2O/c1-11-7-14(8-12(2)15(11)18)10-17-5-3-13(9-16)4-6-17/h7-8,13,18H,3-6,9-10,16H2,1-2H3. The molecular weight excluding hydrogens is 224 g/mol. The lowest BCUT2D eigenvalue weighted by Crippen LogP contribution is -2.35. The minimum atomic E-state index is 0.431. The second kappa shape index (κ2) is 5.72. The van der Waals surface area contributed by atoms with Gasteiger partial charge in [-0.25, -0.2) is 0 Å². The molecule has 1 aliphatic rings. The molecule has 2 rings (SSSR count). The number of phenolic OH excluding ortho intramolecular Hbond substituents is 1. The van der Waals surface area contributed by atoms with Gasteiger partial charge in [-0.1, -0.05) is 12.1 Å². The summed E-state index contributed by atoms with van der Waals surface area (Å²) < 4.78 is 0. The number of rotatable bonds is 3. The number of aromatic hydroxyl groups is 1. The number of hydrogen-bond acceptors (Lipinski definition) is 3. The van der Waals surface area contributed by atoms with Crippen molar-refractivity contribution in [2.75, 3.05) is 19.6 Å². The molecule has 3 nitrogen and oxygen atoms in total. The van der Waals surface area contributed by atoms with Crippen LogP contribution in [0.5, 0.6) is 5.75 Å². The summed E-state index contributed by atoms with van der Waals surface area (Å²) in [6.45, 7) is 8.02. The molecule has 0 unspecified atom stereocenters. The Bertz CT molecular complexity index is 386. The maximum Gasteiger partial charge on any atom is 0.121 e. The van der Waals surface area contributed by atoms with Crippen molar-refractivity contribution in [1.29, 1.82) is 0 Å². The van der Waals surface area contributed by atoms with E-state index in [-0.39, 0.29) is 0 Å². The molecule has 1 aromatic rings. The van der Waals surface area contributed by atoms with E-state index in [0.29, 0.717) is 11.7 Å². The topological polar surface area (TPSA) is 49.5 Å². The number of hydrogen-bond donors (Lipinski definition) is 2. The smallest absolute Gasteiger partial charge is 0.121 e. The first-order valence-corrected chi connectivity index (χ1v) is 6.81. The first-order chi connectivity index (χ1) is 8.60. The van der Waals surface area contributed by atoms with Crippen LogP contribution in [-0.2, 0) is 6.54 Å². The van der Waals surface area contributed by atoms with Gasteiger partial charge in [-0.2, -0.15) is 0 Å². The maximum absolute atomic E-state index is 9.78. The average molecular weight is 248 g/mol. The Morgan fingerprint density at radius 2 is 1.78 bits per heavy atom. The van der Waals surface area contributed by atoms with Gasteiger partial charge in [0.25, 0.3) is 0 Å². The fourth-order valence-electron chi connectivity index (χ4n) is 2.78. The van der Waals surface area contributed by atoms with Crippen LogP contribution in [0.2, 0.25) is 0 Å². The molecule has 0 amide bonds. The van der Waals surface area contributed by atoms with E-state index in [1.807, 2.05) is 13.8 Å². The number of phenols is 1. The van der Waals surface area contributed by atoms with Crippen LogP contribution in [0.15, 0.2) is 12.1 Å². The fourth-order valence-corrected chi connectivity index (χ4v) is 2.78. The summed E-state index contributed by atoms with van der Waals surface area (Å²) in [6.07, 6.45) is 2.43. The number of aryl methyl sites for hydroxylation is 2. The van der Waals surface area contributed by atoms with Gasteiger partial charge in [0.2, 0.25) is 0 Å². The van der Waals surface area contributed by atoms with Crippen LogP contribution in [0, 0.1) is 19.8 Å². The number of nitrogens with two attached hydrogens (primary N) is 1. The Balaban J connectivity index is 1.98. The van der Waals surface area contributed by atoms with E-state index in [0.717, 1.165) is 37.3 Å². The van der Waals surface area contributed by atoms with E-state index in [4.69, 9.17) is 5.73 Å². The highest BCUT2D eigenvalue weighted by Gasteiger charge is 2.18. The predicted molar refractivity (Wildman–Crippen MR) is 74.6 cm³/mol. The highest BCUT2D eigenvalue weighted by molar-refractivity contribution is 5.42. The van der Waals surface area contributed by atoms with Crippen molar-refractivity contribution < 1.29 is 5.11 Å². The van der Waals surface area contributed by atoms with Gasteiger partial charge in [-0.15, -0.1) is 0 Å². The van der Waals surface area contributed by atoms with Crippen molar-refractivity contribution in [3.8, 4) is 5.75 Å². The van der Waals surface area contributed by atoms with Crippen LogP contribution in [0.3, 0.4) is 0 Å². The number of nitrogens with zero attached hydrogens (tertiary/aromatic N) is 1. The zero-order valence-electron chi connectivity index (χ0n) is 11.4. The van der Waals surface area contributed by atoms with E-state index in [2.05, 4.69) is 17.0 Å². The molecule has 0 spiro atoms. The molecule has 0 aliphatic carbocycles. The molecular formula is C15H24N2O. The molecule has 3 heteroatoms. The second-order valence-corrected chi connectivity index (χ2v) is 5.53. The molecule has 0 radical (unpaired) electrons. The van der Waals surface area contributed by atoms with Crippen molar-refractivity contribution in [3.05, 3.63) is 28.8 Å². The maximum atomic E-state index is 9.78. The molecule has 3 N–H and O–H groups in total. The zero-order valence-corrected chi connectivity index (χ0v) is 11.4. The van der Waals surface area contributed by atoms with E-state index >= 15 is 0 Å². The van der Waals surface area contributed by atoms with Crippen LogP contribution in [0.25, 0.3) is 0 Å². The Hall–Kier alpha value is -1.06. The van der Waals surface area contributed by atoms with Gasteiger partial charge >= 0.3 is 0 Å². The summed E-state index contributed by atoms with van der Waals surface area (Å²) in [7, 11) is 0. The first kappa shape index (κ1) is 13.4. The van der Waals surface area contributed by atoms with Crippen molar-refractivity contribution in [1.82, 2.24) is 4.90 Å². The second-order valence-electron chi connectivity index (χ2n) is 5.53. The molecule has 1 aromatic carbocycles. The summed E-state index contributed by atoms with van der Waals surface area (Å²) in [5.41, 5.74) is 8.96. The SMILES string of the molecule is Cc1cc(CN2CCC(CN)CC2)cc(C)c1O. The van der Waals surface area contributed by atoms with Gasteiger partial charge in [-0.3, -0.25) is 4.90 Å². The summed E-state index contributed by atoms with van der Waals surface area (Å²) in [4.78, 5) is 2.48. The van der Waals surface area contributed by atoms with Crippen LogP contribution in [0.1, 0.15) is 29.5 Å². The number of piperidine rings is 1. The minimum absolute atomic E-state index is 0.431. The molecule has 0 atom stereocenters. The van der Waals surface area contributed by atoms with Gasteiger partial charge < -0.3 is 10.8 Å². The van der Waals surface area contributed by atoms with E-state index in [1.54, 1.807) is 0 Å². The number of benzene rings is 1. The van der Waals surface area contributed by atoms with Crippen molar-refractivity contribution in [3.63, 3.8) is 0 Å². The summed E-state index contributed by atoms with van der Waals surface area (Å²) in [5, 5.41) is 9.78. The third-order valence-corrected chi connectivity index (χ3v) is 4.00. The number of likely N-dealkylation sites (tertiary alicyclic amines) is 1. The molecule has 0 bridgehead atoms. The quantitative estimate of drug-likeness (QED) is 0.862. The molecule has 1 fully saturated rings. The molecule has 18 heavy (non-hydrogen) atoms. The molecule has 0 saturated carbocycles. The van der Waals surface area contributed by atoms with Crippen LogP contribution in [-0.4, -0.2) is 29.6 Å². The largest absolute Gasteiger partial charge is 0.507 e. The van der Waals surface area contributed by atoms with Gasteiger partial charge in [0.1, 0.15) is 5.75 Å². The van der Waals surface area contributed by atoms with Crippen molar-refractivity contribution in [2.24, 2.45) is 11.7 Å². The van der Waals surface area contributed by atoms with Crippen LogP contribution >= 0.6 is 0 Å². The van der Waals surface area contributed by atoms with Gasteiger partial charge in [0.15, 0.2) is 0 Å². The highest BCUT2D eigenvalue weighted by atomic mass is 16.3. The van der Waals surface area contributed by atoms with Gasteiger partial charge in [0, 0.05) is 6.54 Å². The minimum Gasteiger partial charge on any atom is -0.507 e. The lowest BCUT2D eigenvalue weighted by molar-refractivity contribution is 0.180. The Morgan fingerprint density at radius 3 is 2.28 bits per heavy atom. The van der Waals surface area contributed by atoms with Gasteiger partial charge in [-0.05, 0) is 68.9 Å². The Labute approximate surface area is 110 Å². The lowest BCUT2D eigenvalue weighted by atomic mass is 9.96. The summed E-state index contributed by atoms with van der Waals surface area (Å²) >= 11 is 0. The summed E-state index contributed by atoms with van der Waals surface area (Å²) in [5.74, 6) is 1.14. The van der Waals surface area contributed by atoms with Crippen molar-refractivity contribution in [2.45, 2.75) is 33.2 Å². The van der Waals surface area contributed by atoms with Crippen LogP contribution in [0.4, 0.5) is 0 Å². The monoisotopic (exact) mass is 248 g/mol. The molecule has 1 saturated heterocycles. The summed E-state index contributed by atoms with van der Waals surface area (Å²) in [6, 6.07) is 4.19. The fraction of sp³-hybridized carbons (Fsp3) is 0.600. The molecule has 100 valence electrons. The van der Waals surface area contributed by atoms with E-state index < -0.39 is 0 Å². The Kier molecular flexibility index (Phi) is 4.25. The van der Waals surface area contributed by atoms with E-state index in [1.165, 1.54) is 18.4 Å². The van der Waals surface area contributed by atoms with E-state index in [9.17, 15) is 5.11 Å². The highest BCUT2D eigenvalue weighted by Crippen LogP contribution is 2.25. The average Bonchev–Trinajstić information content (AvgIpc) is 2.37. The predicted octanol–water partition coefficient (Wildman–Crippen LogP) is 2.18. The molecule has 1 heterocycles. The van der Waals surface area contributed by atoms with Crippen LogP contribution < -0.4 is 5.73 Å². The normalized spacial score (nSPS) is 18.2.